The van der Waals surface area contributed by atoms with Crippen LogP contribution in [-0.2, 0) is 4.79 Å². The molecule has 0 unspecified atom stereocenters. The summed E-state index contributed by atoms with van der Waals surface area (Å²) in [4.78, 5) is 22.4. The van der Waals surface area contributed by atoms with E-state index in [0.717, 1.165) is 16.3 Å². The van der Waals surface area contributed by atoms with Crippen molar-refractivity contribution in [3.63, 3.8) is 0 Å². The lowest BCUT2D eigenvalue weighted by atomic mass is 10.0. The molecule has 1 N–H and O–H groups in total. The monoisotopic (exact) mass is 352 g/mol. The van der Waals surface area contributed by atoms with E-state index in [1.807, 2.05) is 42.5 Å². The van der Waals surface area contributed by atoms with Crippen molar-refractivity contribution in [2.24, 2.45) is 0 Å². The van der Waals surface area contributed by atoms with Crippen molar-refractivity contribution in [2.45, 2.75) is 0 Å². The Morgan fingerprint density at radius 1 is 1.08 bits per heavy atom. The first-order valence-corrected chi connectivity index (χ1v) is 7.83. The Labute approximate surface area is 148 Å². The number of nitro groups is 1. The van der Waals surface area contributed by atoms with Gasteiger partial charge in [-0.25, -0.2) is 0 Å². The van der Waals surface area contributed by atoms with E-state index in [2.05, 4.69) is 5.32 Å². The van der Waals surface area contributed by atoms with Crippen molar-refractivity contribution in [3.05, 3.63) is 87.4 Å². The molecule has 0 aromatic heterocycles. The Morgan fingerprint density at radius 2 is 1.84 bits per heavy atom. The van der Waals surface area contributed by atoms with Crippen molar-refractivity contribution in [1.29, 1.82) is 0 Å². The molecule has 3 rings (SSSR count). The minimum Gasteiger partial charge on any atom is -0.322 e. The first kappa shape index (κ1) is 16.7. The Kier molecular flexibility index (Phi) is 4.77. The highest BCUT2D eigenvalue weighted by Gasteiger charge is 2.13. The van der Waals surface area contributed by atoms with E-state index in [9.17, 15) is 14.9 Å². The van der Waals surface area contributed by atoms with Crippen LogP contribution in [0, 0.1) is 10.1 Å². The SMILES string of the molecule is O=C(/C=C/c1cccc2ccccc12)Nc1ccc(Cl)c([N+](=O)[O-])c1. The molecule has 124 valence electrons. The summed E-state index contributed by atoms with van der Waals surface area (Å²) in [5.41, 5.74) is 0.969. The van der Waals surface area contributed by atoms with Gasteiger partial charge in [0.2, 0.25) is 5.91 Å². The number of hydrogen-bond acceptors (Lipinski definition) is 3. The smallest absolute Gasteiger partial charge is 0.289 e. The number of rotatable bonds is 4. The Balaban J connectivity index is 1.79. The van der Waals surface area contributed by atoms with E-state index in [1.165, 1.54) is 24.3 Å². The molecule has 25 heavy (non-hydrogen) atoms. The fraction of sp³-hybridized carbons (Fsp3) is 0. The third-order valence-electron chi connectivity index (χ3n) is 3.65. The second kappa shape index (κ2) is 7.15. The average molecular weight is 353 g/mol. The number of nitro benzene ring substituents is 1. The van der Waals surface area contributed by atoms with Gasteiger partial charge in [-0.3, -0.25) is 14.9 Å². The molecule has 0 aliphatic carbocycles. The maximum atomic E-state index is 12.1. The van der Waals surface area contributed by atoms with Crippen LogP contribution in [0.25, 0.3) is 16.8 Å². The summed E-state index contributed by atoms with van der Waals surface area (Å²) in [6.45, 7) is 0. The van der Waals surface area contributed by atoms with Gasteiger partial charge in [-0.1, -0.05) is 54.1 Å². The third-order valence-corrected chi connectivity index (χ3v) is 3.97. The van der Waals surface area contributed by atoms with Gasteiger partial charge in [0.25, 0.3) is 5.69 Å². The van der Waals surface area contributed by atoms with E-state index < -0.39 is 4.92 Å². The van der Waals surface area contributed by atoms with Gasteiger partial charge in [-0.05, 0) is 34.5 Å². The molecule has 0 fully saturated rings. The van der Waals surface area contributed by atoms with Gasteiger partial charge < -0.3 is 5.32 Å². The van der Waals surface area contributed by atoms with E-state index in [4.69, 9.17) is 11.6 Å². The number of fused-ring (bicyclic) bond motifs is 1. The largest absolute Gasteiger partial charge is 0.322 e. The second-order valence-electron chi connectivity index (χ2n) is 5.31. The normalized spacial score (nSPS) is 10.9. The molecule has 3 aromatic carbocycles. The Hall–Kier alpha value is -3.18. The van der Waals surface area contributed by atoms with Crippen LogP contribution in [0.2, 0.25) is 5.02 Å². The van der Waals surface area contributed by atoms with Gasteiger partial charge in [-0.2, -0.15) is 0 Å². The lowest BCUT2D eigenvalue weighted by Crippen LogP contribution is -2.08. The molecule has 0 atom stereocenters. The van der Waals surface area contributed by atoms with E-state index >= 15 is 0 Å². The van der Waals surface area contributed by atoms with Gasteiger partial charge in [0, 0.05) is 17.8 Å². The van der Waals surface area contributed by atoms with Crippen LogP contribution in [0.4, 0.5) is 11.4 Å². The van der Waals surface area contributed by atoms with Crippen molar-refractivity contribution < 1.29 is 9.72 Å². The number of nitrogens with zero attached hydrogens (tertiary/aromatic N) is 1. The molecule has 0 radical (unpaired) electrons. The molecule has 3 aromatic rings. The molecule has 0 saturated carbocycles. The van der Waals surface area contributed by atoms with Gasteiger partial charge >= 0.3 is 0 Å². The summed E-state index contributed by atoms with van der Waals surface area (Å²) in [5, 5.41) is 15.6. The van der Waals surface area contributed by atoms with Gasteiger partial charge in [0.1, 0.15) is 5.02 Å². The average Bonchev–Trinajstić information content (AvgIpc) is 2.61. The fourth-order valence-electron chi connectivity index (χ4n) is 2.48. The number of hydrogen-bond donors (Lipinski definition) is 1. The Morgan fingerprint density at radius 3 is 2.64 bits per heavy atom. The summed E-state index contributed by atoms with van der Waals surface area (Å²) in [5.74, 6) is -0.385. The van der Waals surface area contributed by atoms with Crippen molar-refractivity contribution >= 4 is 45.7 Å². The topological polar surface area (TPSA) is 72.2 Å². The van der Waals surface area contributed by atoms with Crippen molar-refractivity contribution in [1.82, 2.24) is 0 Å². The predicted octanol–water partition coefficient (Wildman–Crippen LogP) is 5.05. The number of carbonyl (C=O) groups is 1. The standard InChI is InChI=1S/C19H13ClN2O3/c20-17-10-9-15(12-18(17)22(24)25)21-19(23)11-8-14-6-3-5-13-4-1-2-7-16(13)14/h1-12H,(H,21,23)/b11-8+. The molecule has 0 bridgehead atoms. The lowest BCUT2D eigenvalue weighted by molar-refractivity contribution is -0.384. The molecule has 0 aliphatic rings. The minimum absolute atomic E-state index is 0.0225. The summed E-state index contributed by atoms with van der Waals surface area (Å²) in [6, 6.07) is 17.8. The number of benzene rings is 3. The van der Waals surface area contributed by atoms with Crippen LogP contribution >= 0.6 is 11.6 Å². The molecule has 0 spiro atoms. The molecular weight excluding hydrogens is 340 g/mol. The van der Waals surface area contributed by atoms with Crippen molar-refractivity contribution in [2.75, 3.05) is 5.32 Å². The summed E-state index contributed by atoms with van der Waals surface area (Å²) >= 11 is 5.76. The molecule has 0 aliphatic heterocycles. The van der Waals surface area contributed by atoms with E-state index in [-0.39, 0.29) is 16.6 Å². The fourth-order valence-corrected chi connectivity index (χ4v) is 2.66. The lowest BCUT2D eigenvalue weighted by Gasteiger charge is -2.04. The summed E-state index contributed by atoms with van der Waals surface area (Å²) in [6.07, 6.45) is 3.10. The highest BCUT2D eigenvalue weighted by Crippen LogP contribution is 2.27. The zero-order valence-corrected chi connectivity index (χ0v) is 13.7. The third kappa shape index (κ3) is 3.84. The molecule has 0 heterocycles. The quantitative estimate of drug-likeness (QED) is 0.405. The van der Waals surface area contributed by atoms with Gasteiger partial charge in [0.05, 0.1) is 4.92 Å². The number of carbonyl (C=O) groups excluding carboxylic acids is 1. The maximum Gasteiger partial charge on any atom is 0.289 e. The van der Waals surface area contributed by atoms with Crippen molar-refractivity contribution in [3.8, 4) is 0 Å². The number of anilines is 1. The van der Waals surface area contributed by atoms with Crippen LogP contribution in [0.5, 0.6) is 0 Å². The van der Waals surface area contributed by atoms with Crippen LogP contribution in [0.3, 0.4) is 0 Å². The highest BCUT2D eigenvalue weighted by atomic mass is 35.5. The highest BCUT2D eigenvalue weighted by molar-refractivity contribution is 6.32. The van der Waals surface area contributed by atoms with Crippen LogP contribution in [0.15, 0.2) is 66.7 Å². The minimum atomic E-state index is -0.593. The first-order valence-electron chi connectivity index (χ1n) is 7.45. The number of halogens is 1. The Bertz CT molecular complexity index is 994. The van der Waals surface area contributed by atoms with Crippen LogP contribution in [-0.4, -0.2) is 10.8 Å². The number of nitrogens with one attached hydrogen (secondary N) is 1. The summed E-state index contributed by atoms with van der Waals surface area (Å²) in [7, 11) is 0. The zero-order valence-electron chi connectivity index (χ0n) is 13.0. The van der Waals surface area contributed by atoms with Gasteiger partial charge in [-0.15, -0.1) is 0 Å². The molecular formula is C19H13ClN2O3. The van der Waals surface area contributed by atoms with Crippen LogP contribution < -0.4 is 5.32 Å². The first-order chi connectivity index (χ1) is 12.0. The molecule has 0 saturated heterocycles. The van der Waals surface area contributed by atoms with E-state index in [1.54, 1.807) is 6.08 Å². The summed E-state index contributed by atoms with van der Waals surface area (Å²) < 4.78 is 0. The molecule has 6 heteroatoms. The predicted molar refractivity (Wildman–Crippen MR) is 99.7 cm³/mol. The van der Waals surface area contributed by atoms with Gasteiger partial charge in [0.15, 0.2) is 0 Å². The number of amides is 1. The maximum absolute atomic E-state index is 12.1. The molecule has 1 amide bonds. The van der Waals surface area contributed by atoms with Crippen LogP contribution in [0.1, 0.15) is 5.56 Å². The zero-order chi connectivity index (χ0) is 17.8. The second-order valence-corrected chi connectivity index (χ2v) is 5.72. The van der Waals surface area contributed by atoms with E-state index in [0.29, 0.717) is 5.69 Å². The molecule has 5 nitrogen and oxygen atoms in total.